The first-order chi connectivity index (χ1) is 10.2. The van der Waals surface area contributed by atoms with Crippen LogP contribution in [0.1, 0.15) is 90.4 Å². The Labute approximate surface area is 129 Å². The van der Waals surface area contributed by atoms with Crippen molar-refractivity contribution in [2.24, 2.45) is 0 Å². The van der Waals surface area contributed by atoms with Crippen LogP contribution in [-0.4, -0.2) is 17.2 Å². The van der Waals surface area contributed by atoms with Gasteiger partial charge in [0.1, 0.15) is 0 Å². The van der Waals surface area contributed by atoms with Crippen LogP contribution in [0.4, 0.5) is 4.39 Å². The summed E-state index contributed by atoms with van der Waals surface area (Å²) in [6.07, 6.45) is 11.8. The number of rotatable bonds is 13. The van der Waals surface area contributed by atoms with Gasteiger partial charge in [0.2, 0.25) is 0 Å². The molecule has 1 unspecified atom stereocenters. The predicted molar refractivity (Wildman–Crippen MR) is 86.0 cm³/mol. The zero-order valence-corrected chi connectivity index (χ0v) is 13.5. The maximum Gasteiger partial charge on any atom is 0.338 e. The zero-order valence-electron chi connectivity index (χ0n) is 13.5. The Balaban J connectivity index is 3.21. The predicted octanol–water partition coefficient (Wildman–Crippen LogP) is 5.50. The molecule has 0 aliphatic rings. The first-order valence-electron chi connectivity index (χ1n) is 8.51. The van der Waals surface area contributed by atoms with E-state index in [0.717, 1.165) is 32.1 Å². The van der Waals surface area contributed by atoms with Gasteiger partial charge in [-0.25, -0.2) is 9.18 Å². The lowest BCUT2D eigenvalue weighted by Crippen LogP contribution is -2.13. The van der Waals surface area contributed by atoms with Crippen LogP contribution >= 0.6 is 0 Å². The van der Waals surface area contributed by atoms with E-state index >= 15 is 0 Å². The van der Waals surface area contributed by atoms with Crippen LogP contribution in [-0.2, 0) is 4.79 Å². The molecule has 0 aromatic carbocycles. The molecule has 0 heterocycles. The van der Waals surface area contributed by atoms with E-state index in [1.54, 1.807) is 0 Å². The summed E-state index contributed by atoms with van der Waals surface area (Å²) in [4.78, 5) is 10.3. The first-order valence-corrected chi connectivity index (χ1v) is 8.51. The molecule has 0 bridgehead atoms. The highest BCUT2D eigenvalue weighted by atomic mass is 19.1. The molecule has 122 valence electrons. The summed E-state index contributed by atoms with van der Waals surface area (Å²) >= 11 is 0. The molecule has 1 atom stereocenters. The minimum Gasteiger partial charge on any atom is -0.479 e. The van der Waals surface area contributed by atoms with Crippen LogP contribution in [0.2, 0.25) is 0 Å². The van der Waals surface area contributed by atoms with E-state index in [-0.39, 0.29) is 6.42 Å². The number of aliphatic carboxylic acids is 1. The van der Waals surface area contributed by atoms with Crippen LogP contribution in [0.15, 0.2) is 0 Å². The average Bonchev–Trinajstić information content (AvgIpc) is 2.47. The van der Waals surface area contributed by atoms with Crippen molar-refractivity contribution in [2.45, 2.75) is 96.6 Å². The van der Waals surface area contributed by atoms with Gasteiger partial charge in [-0.3, -0.25) is 0 Å². The fourth-order valence-corrected chi connectivity index (χ4v) is 2.18. The van der Waals surface area contributed by atoms with Crippen molar-refractivity contribution in [3.8, 4) is 11.8 Å². The van der Waals surface area contributed by atoms with E-state index in [9.17, 15) is 9.18 Å². The van der Waals surface area contributed by atoms with E-state index in [1.165, 1.54) is 38.5 Å². The lowest BCUT2D eigenvalue weighted by Gasteiger charge is -2.01. The lowest BCUT2D eigenvalue weighted by molar-refractivity contribution is -0.143. The first kappa shape index (κ1) is 20.0. The van der Waals surface area contributed by atoms with E-state index < -0.39 is 12.1 Å². The van der Waals surface area contributed by atoms with Crippen molar-refractivity contribution in [1.29, 1.82) is 0 Å². The summed E-state index contributed by atoms with van der Waals surface area (Å²) in [7, 11) is 0. The highest BCUT2D eigenvalue weighted by Gasteiger charge is 2.13. The third kappa shape index (κ3) is 15.2. The van der Waals surface area contributed by atoms with Crippen molar-refractivity contribution in [3.05, 3.63) is 0 Å². The standard InChI is InChI=1S/C18H31FO2/c1-2-3-4-5-6-7-8-9-10-11-12-13-14-15-16-17(19)18(20)21/h17H,2-8,11-16H2,1H3,(H,20,21). The van der Waals surface area contributed by atoms with Gasteiger partial charge in [-0.05, 0) is 25.7 Å². The van der Waals surface area contributed by atoms with Gasteiger partial charge >= 0.3 is 5.97 Å². The number of hydrogen-bond acceptors (Lipinski definition) is 1. The summed E-state index contributed by atoms with van der Waals surface area (Å²) < 4.78 is 12.7. The van der Waals surface area contributed by atoms with Crippen molar-refractivity contribution in [3.63, 3.8) is 0 Å². The van der Waals surface area contributed by atoms with Crippen LogP contribution in [0.25, 0.3) is 0 Å². The van der Waals surface area contributed by atoms with Gasteiger partial charge in [0.15, 0.2) is 6.17 Å². The van der Waals surface area contributed by atoms with Gasteiger partial charge in [0, 0.05) is 12.8 Å². The maximum atomic E-state index is 12.7. The quantitative estimate of drug-likeness (QED) is 0.360. The number of unbranched alkanes of at least 4 members (excludes halogenated alkanes) is 10. The topological polar surface area (TPSA) is 37.3 Å². The van der Waals surface area contributed by atoms with E-state index in [1.807, 2.05) is 0 Å². The van der Waals surface area contributed by atoms with Gasteiger partial charge < -0.3 is 5.11 Å². The van der Waals surface area contributed by atoms with Gasteiger partial charge in [0.05, 0.1) is 0 Å². The molecule has 0 spiro atoms. The smallest absolute Gasteiger partial charge is 0.338 e. The molecular weight excluding hydrogens is 267 g/mol. The molecule has 0 aliphatic carbocycles. The summed E-state index contributed by atoms with van der Waals surface area (Å²) in [6.45, 7) is 2.23. The van der Waals surface area contributed by atoms with Gasteiger partial charge in [0.25, 0.3) is 0 Å². The number of hydrogen-bond donors (Lipinski definition) is 1. The van der Waals surface area contributed by atoms with Crippen LogP contribution in [0.3, 0.4) is 0 Å². The monoisotopic (exact) mass is 298 g/mol. The van der Waals surface area contributed by atoms with E-state index in [0.29, 0.717) is 6.42 Å². The molecule has 21 heavy (non-hydrogen) atoms. The molecule has 0 fully saturated rings. The fourth-order valence-electron chi connectivity index (χ4n) is 2.18. The van der Waals surface area contributed by atoms with Gasteiger partial charge in [-0.2, -0.15) is 0 Å². The molecular formula is C18H31FO2. The van der Waals surface area contributed by atoms with Crippen molar-refractivity contribution < 1.29 is 14.3 Å². The molecule has 0 aliphatic heterocycles. The Bertz CT molecular complexity index is 304. The minimum atomic E-state index is -1.69. The summed E-state index contributed by atoms with van der Waals surface area (Å²) in [6, 6.07) is 0. The molecule has 0 saturated heterocycles. The molecule has 2 nitrogen and oxygen atoms in total. The third-order valence-electron chi connectivity index (χ3n) is 3.56. The second-order valence-electron chi connectivity index (χ2n) is 5.63. The van der Waals surface area contributed by atoms with Crippen molar-refractivity contribution in [1.82, 2.24) is 0 Å². The summed E-state index contributed by atoms with van der Waals surface area (Å²) in [5, 5.41) is 8.39. The number of carboxylic acids is 1. The maximum absolute atomic E-state index is 12.7. The van der Waals surface area contributed by atoms with E-state index in [2.05, 4.69) is 18.8 Å². The molecule has 0 radical (unpaired) electrons. The number of carboxylic acid groups (broad SMARTS) is 1. The highest BCUT2D eigenvalue weighted by molar-refractivity contribution is 5.71. The molecule has 1 N–H and O–H groups in total. The zero-order chi connectivity index (χ0) is 15.8. The normalized spacial score (nSPS) is 11.7. The van der Waals surface area contributed by atoms with E-state index in [4.69, 9.17) is 5.11 Å². The molecule has 0 aromatic heterocycles. The Morgan fingerprint density at radius 2 is 1.38 bits per heavy atom. The SMILES string of the molecule is CCCCCCCCC#CCCCCCCC(F)C(=O)O. The number of carbonyl (C=O) groups is 1. The Kier molecular flexibility index (Phi) is 14.6. The number of alkyl halides is 1. The number of halogens is 1. The average molecular weight is 298 g/mol. The van der Waals surface area contributed by atoms with Crippen molar-refractivity contribution >= 4 is 5.97 Å². The Morgan fingerprint density at radius 3 is 1.90 bits per heavy atom. The van der Waals surface area contributed by atoms with Crippen molar-refractivity contribution in [2.75, 3.05) is 0 Å². The van der Waals surface area contributed by atoms with Crippen LogP contribution in [0.5, 0.6) is 0 Å². The fraction of sp³-hybridized carbons (Fsp3) is 0.833. The third-order valence-corrected chi connectivity index (χ3v) is 3.56. The largest absolute Gasteiger partial charge is 0.479 e. The Morgan fingerprint density at radius 1 is 0.905 bits per heavy atom. The summed E-state index contributed by atoms with van der Waals surface area (Å²) in [5.41, 5.74) is 0. The molecule has 0 rings (SSSR count). The van der Waals surface area contributed by atoms with Crippen LogP contribution < -0.4 is 0 Å². The molecule has 0 aromatic rings. The Hall–Kier alpha value is -1.04. The summed E-state index contributed by atoms with van der Waals surface area (Å²) in [5.74, 6) is 5.06. The molecule has 0 saturated carbocycles. The highest BCUT2D eigenvalue weighted by Crippen LogP contribution is 2.09. The lowest BCUT2D eigenvalue weighted by atomic mass is 10.1. The second-order valence-corrected chi connectivity index (χ2v) is 5.63. The van der Waals surface area contributed by atoms with Gasteiger partial charge in [-0.1, -0.05) is 51.9 Å². The second kappa shape index (κ2) is 15.4. The van der Waals surface area contributed by atoms with Gasteiger partial charge in [-0.15, -0.1) is 11.8 Å². The van der Waals surface area contributed by atoms with Crippen LogP contribution in [0, 0.1) is 11.8 Å². The molecule has 3 heteroatoms. The molecule has 0 amide bonds. The minimum absolute atomic E-state index is 0.138.